The van der Waals surface area contributed by atoms with Crippen molar-refractivity contribution in [1.29, 1.82) is 0 Å². The zero-order valence-electron chi connectivity index (χ0n) is 23.3. The predicted octanol–water partition coefficient (Wildman–Crippen LogP) is 6.59. The zero-order chi connectivity index (χ0) is 30.6. The molecule has 43 heavy (non-hydrogen) atoms. The number of nitrogens with zero attached hydrogens (tertiary/aromatic N) is 4. The number of rotatable bonds is 10. The SMILES string of the molecule is COc1ccc(CN(C)S(=O)(=O)c2ccc(Nc3ccc(C(F)(F)F)cn3)c(-c3cn(Cc4ccccc4)cn3)c2)cc1. The van der Waals surface area contributed by atoms with Crippen molar-refractivity contribution in [3.8, 4) is 17.0 Å². The third-order valence-corrected chi connectivity index (χ3v) is 8.53. The van der Waals surface area contributed by atoms with Gasteiger partial charge < -0.3 is 14.6 Å². The maximum Gasteiger partial charge on any atom is 0.417 e. The van der Waals surface area contributed by atoms with Crippen LogP contribution in [0.4, 0.5) is 24.7 Å². The van der Waals surface area contributed by atoms with Gasteiger partial charge in [0.2, 0.25) is 10.0 Å². The van der Waals surface area contributed by atoms with E-state index in [-0.39, 0.29) is 17.3 Å². The minimum absolute atomic E-state index is 0.0297. The summed E-state index contributed by atoms with van der Waals surface area (Å²) in [7, 11) is -0.890. The van der Waals surface area contributed by atoms with Crippen LogP contribution in [0.2, 0.25) is 0 Å². The van der Waals surface area contributed by atoms with Crippen LogP contribution in [0.1, 0.15) is 16.7 Å². The highest BCUT2D eigenvalue weighted by Crippen LogP contribution is 2.34. The second-order valence-electron chi connectivity index (χ2n) is 9.79. The van der Waals surface area contributed by atoms with Crippen LogP contribution in [0, 0.1) is 0 Å². The Labute approximate surface area is 247 Å². The molecule has 5 aromatic rings. The van der Waals surface area contributed by atoms with E-state index in [0.717, 1.165) is 23.4 Å². The summed E-state index contributed by atoms with van der Waals surface area (Å²) in [5.74, 6) is 0.821. The quantitative estimate of drug-likeness (QED) is 0.193. The van der Waals surface area contributed by atoms with E-state index in [1.807, 2.05) is 34.9 Å². The van der Waals surface area contributed by atoms with Crippen molar-refractivity contribution >= 4 is 21.5 Å². The molecule has 1 N–H and O–H groups in total. The van der Waals surface area contributed by atoms with E-state index in [2.05, 4.69) is 15.3 Å². The molecule has 2 heterocycles. The fourth-order valence-electron chi connectivity index (χ4n) is 4.41. The Hall–Kier alpha value is -4.68. The van der Waals surface area contributed by atoms with Gasteiger partial charge in [-0.05, 0) is 53.6 Å². The van der Waals surface area contributed by atoms with E-state index >= 15 is 0 Å². The molecule has 8 nitrogen and oxygen atoms in total. The van der Waals surface area contributed by atoms with Gasteiger partial charge in [-0.1, -0.05) is 42.5 Å². The van der Waals surface area contributed by atoms with E-state index in [4.69, 9.17) is 4.74 Å². The summed E-state index contributed by atoms with van der Waals surface area (Å²) in [6.45, 7) is 0.669. The summed E-state index contributed by atoms with van der Waals surface area (Å²) in [5.41, 5.74) is 2.29. The molecule has 0 unspecified atom stereocenters. The topological polar surface area (TPSA) is 89.4 Å². The number of aromatic nitrogens is 3. The van der Waals surface area contributed by atoms with Gasteiger partial charge >= 0.3 is 6.18 Å². The van der Waals surface area contributed by atoms with Crippen LogP contribution in [0.3, 0.4) is 0 Å². The Morgan fingerprint density at radius 3 is 2.33 bits per heavy atom. The molecule has 0 aliphatic rings. The molecule has 0 fully saturated rings. The van der Waals surface area contributed by atoms with Crippen LogP contribution in [0.5, 0.6) is 5.75 Å². The molecule has 0 spiro atoms. The number of hydrogen-bond acceptors (Lipinski definition) is 6. The van der Waals surface area contributed by atoms with Crippen molar-refractivity contribution < 1.29 is 26.3 Å². The van der Waals surface area contributed by atoms with Crippen LogP contribution in [0.25, 0.3) is 11.3 Å². The lowest BCUT2D eigenvalue weighted by molar-refractivity contribution is -0.137. The van der Waals surface area contributed by atoms with E-state index in [0.29, 0.717) is 29.2 Å². The monoisotopic (exact) mass is 607 g/mol. The van der Waals surface area contributed by atoms with Gasteiger partial charge in [0.25, 0.3) is 0 Å². The summed E-state index contributed by atoms with van der Waals surface area (Å²) < 4.78 is 74.7. The van der Waals surface area contributed by atoms with Crippen LogP contribution >= 0.6 is 0 Å². The Balaban J connectivity index is 1.48. The van der Waals surface area contributed by atoms with E-state index in [1.165, 1.54) is 29.6 Å². The van der Waals surface area contributed by atoms with Crippen LogP contribution < -0.4 is 10.1 Å². The van der Waals surface area contributed by atoms with Crippen molar-refractivity contribution in [3.05, 3.63) is 120 Å². The van der Waals surface area contributed by atoms with Crippen molar-refractivity contribution in [2.75, 3.05) is 19.5 Å². The van der Waals surface area contributed by atoms with Crippen LogP contribution in [-0.4, -0.2) is 41.4 Å². The van der Waals surface area contributed by atoms with Gasteiger partial charge in [0, 0.05) is 43.8 Å². The second-order valence-corrected chi connectivity index (χ2v) is 11.8. The second kappa shape index (κ2) is 12.3. The molecule has 0 aliphatic heterocycles. The Bertz CT molecular complexity index is 1790. The number of benzene rings is 3. The molecule has 2 aromatic heterocycles. The molecular weight excluding hydrogens is 579 g/mol. The molecule has 222 valence electrons. The van der Waals surface area contributed by atoms with Crippen LogP contribution in [0.15, 0.2) is 109 Å². The van der Waals surface area contributed by atoms with Gasteiger partial charge in [-0.3, -0.25) is 0 Å². The van der Waals surface area contributed by atoms with Gasteiger partial charge in [-0.25, -0.2) is 18.4 Å². The Kier molecular flexibility index (Phi) is 8.51. The van der Waals surface area contributed by atoms with Gasteiger partial charge in [-0.15, -0.1) is 0 Å². The molecular formula is C31H28F3N5O3S. The minimum atomic E-state index is -4.52. The average Bonchev–Trinajstić information content (AvgIpc) is 3.46. The largest absolute Gasteiger partial charge is 0.497 e. The minimum Gasteiger partial charge on any atom is -0.497 e. The van der Waals surface area contributed by atoms with Crippen molar-refractivity contribution in [2.24, 2.45) is 0 Å². The zero-order valence-corrected chi connectivity index (χ0v) is 24.1. The number of hydrogen-bond donors (Lipinski definition) is 1. The van der Waals surface area contributed by atoms with E-state index in [9.17, 15) is 21.6 Å². The Morgan fingerprint density at radius 2 is 1.67 bits per heavy atom. The highest BCUT2D eigenvalue weighted by molar-refractivity contribution is 7.89. The third-order valence-electron chi connectivity index (χ3n) is 6.73. The summed E-state index contributed by atoms with van der Waals surface area (Å²) in [6.07, 6.45) is -0.357. The summed E-state index contributed by atoms with van der Waals surface area (Å²) in [5, 5.41) is 3.02. The molecule has 0 radical (unpaired) electrons. The molecule has 5 rings (SSSR count). The fourth-order valence-corrected chi connectivity index (χ4v) is 5.60. The van der Waals surface area contributed by atoms with Crippen molar-refractivity contribution in [2.45, 2.75) is 24.2 Å². The molecule has 0 saturated heterocycles. The summed E-state index contributed by atoms with van der Waals surface area (Å²) >= 11 is 0. The van der Waals surface area contributed by atoms with Gasteiger partial charge in [0.05, 0.1) is 29.6 Å². The number of ether oxygens (including phenoxy) is 1. The van der Waals surface area contributed by atoms with Gasteiger partial charge in [0.15, 0.2) is 0 Å². The normalized spacial score (nSPS) is 12.0. The lowest BCUT2D eigenvalue weighted by atomic mass is 10.1. The number of halogens is 3. The predicted molar refractivity (Wildman–Crippen MR) is 157 cm³/mol. The first kappa shape index (κ1) is 29.8. The molecule has 0 saturated carbocycles. The maximum absolute atomic E-state index is 13.6. The fraction of sp³-hybridized carbons (Fsp3) is 0.161. The molecule has 0 amide bonds. The van der Waals surface area contributed by atoms with Gasteiger partial charge in [-0.2, -0.15) is 17.5 Å². The molecule has 0 bridgehead atoms. The number of nitrogens with one attached hydrogen (secondary N) is 1. The average molecular weight is 608 g/mol. The highest BCUT2D eigenvalue weighted by atomic mass is 32.2. The number of sulfonamides is 1. The number of pyridine rings is 1. The smallest absolute Gasteiger partial charge is 0.417 e. The number of methoxy groups -OCH3 is 1. The summed E-state index contributed by atoms with van der Waals surface area (Å²) in [6, 6.07) is 23.5. The first-order valence-corrected chi connectivity index (χ1v) is 14.6. The lowest BCUT2D eigenvalue weighted by Crippen LogP contribution is -2.26. The molecule has 0 atom stereocenters. The number of anilines is 2. The van der Waals surface area contributed by atoms with E-state index < -0.39 is 21.8 Å². The number of imidazole rings is 1. The van der Waals surface area contributed by atoms with Crippen LogP contribution in [-0.2, 0) is 29.3 Å². The lowest BCUT2D eigenvalue weighted by Gasteiger charge is -2.19. The maximum atomic E-state index is 13.6. The molecule has 0 aliphatic carbocycles. The number of alkyl halides is 3. The molecule has 12 heteroatoms. The molecule has 3 aromatic carbocycles. The first-order chi connectivity index (χ1) is 20.5. The van der Waals surface area contributed by atoms with Gasteiger partial charge in [0.1, 0.15) is 11.6 Å². The van der Waals surface area contributed by atoms with Crippen molar-refractivity contribution in [1.82, 2.24) is 18.8 Å². The standard InChI is InChI=1S/C31H28F3N5O3S/c1-38(18-23-8-11-25(42-2)12-9-23)43(40,41)26-13-14-28(37-30-15-10-24(17-35-30)31(32,33)34)27(16-26)29-20-39(21-36-29)19-22-6-4-3-5-7-22/h3-17,20-21H,18-19H2,1-2H3,(H,35,37). The Morgan fingerprint density at radius 1 is 0.930 bits per heavy atom. The van der Waals surface area contributed by atoms with E-state index in [1.54, 1.807) is 50.0 Å². The summed E-state index contributed by atoms with van der Waals surface area (Å²) in [4.78, 5) is 8.45. The third kappa shape index (κ3) is 7.04. The van der Waals surface area contributed by atoms with Crippen molar-refractivity contribution in [3.63, 3.8) is 0 Å². The highest BCUT2D eigenvalue weighted by Gasteiger charge is 2.30. The first-order valence-electron chi connectivity index (χ1n) is 13.1.